The Kier molecular flexibility index (Phi) is 8.50. The lowest BCUT2D eigenvalue weighted by Gasteiger charge is -2.23. The van der Waals surface area contributed by atoms with E-state index in [-0.39, 0.29) is 11.7 Å². The maximum atomic E-state index is 13.3. The van der Waals surface area contributed by atoms with Crippen LogP contribution in [0, 0.1) is 0 Å². The Bertz CT molecular complexity index is 1230. The first-order chi connectivity index (χ1) is 17.2. The van der Waals surface area contributed by atoms with Gasteiger partial charge in [0, 0.05) is 26.2 Å². The zero-order chi connectivity index (χ0) is 24.5. The van der Waals surface area contributed by atoms with Gasteiger partial charge in [-0.3, -0.25) is 4.79 Å². The van der Waals surface area contributed by atoms with Gasteiger partial charge in [0.2, 0.25) is 17.8 Å². The van der Waals surface area contributed by atoms with E-state index in [9.17, 15) is 4.79 Å². The molecule has 0 unspecified atom stereocenters. The van der Waals surface area contributed by atoms with E-state index in [1.54, 1.807) is 4.40 Å². The Morgan fingerprint density at radius 1 is 0.914 bits per heavy atom. The van der Waals surface area contributed by atoms with Crippen molar-refractivity contribution < 1.29 is 4.79 Å². The molecule has 1 amide bonds. The lowest BCUT2D eigenvalue weighted by molar-refractivity contribution is -0.128. The highest BCUT2D eigenvalue weighted by Crippen LogP contribution is 2.22. The summed E-state index contributed by atoms with van der Waals surface area (Å²) in [6.07, 6.45) is 0.795. The van der Waals surface area contributed by atoms with Crippen molar-refractivity contribution in [1.29, 1.82) is 0 Å². The van der Waals surface area contributed by atoms with Crippen LogP contribution in [0.2, 0.25) is 0 Å². The second-order valence-electron chi connectivity index (χ2n) is 7.87. The highest BCUT2D eigenvalue weighted by molar-refractivity contribution is 7.99. The predicted octanol–water partition coefficient (Wildman–Crippen LogP) is 3.75. The summed E-state index contributed by atoms with van der Waals surface area (Å²) in [4.78, 5) is 24.2. The second kappa shape index (κ2) is 12.2. The van der Waals surface area contributed by atoms with E-state index in [1.807, 2.05) is 67.3 Å². The molecule has 0 saturated carbocycles. The summed E-state index contributed by atoms with van der Waals surface area (Å²) < 4.78 is 1.76. The van der Waals surface area contributed by atoms with E-state index < -0.39 is 0 Å². The third kappa shape index (κ3) is 6.48. The fourth-order valence-electron chi connectivity index (χ4n) is 3.62. The molecule has 0 fully saturated rings. The van der Waals surface area contributed by atoms with Crippen molar-refractivity contribution in [1.82, 2.24) is 29.5 Å². The number of rotatable bonds is 12. The fraction of sp³-hybridized carbons (Fsp3) is 0.320. The maximum absolute atomic E-state index is 13.3. The number of carbonyl (C=O) groups excluding carboxylic acids is 1. The molecule has 0 atom stereocenters. The van der Waals surface area contributed by atoms with E-state index in [0.717, 1.165) is 12.0 Å². The van der Waals surface area contributed by atoms with Crippen LogP contribution in [0.3, 0.4) is 0 Å². The number of hydrogen-bond donors (Lipinski definition) is 2. The zero-order valence-corrected chi connectivity index (χ0v) is 20.8. The zero-order valence-electron chi connectivity index (χ0n) is 20.0. The minimum atomic E-state index is 0.0433. The first kappa shape index (κ1) is 24.5. The average molecular weight is 491 g/mol. The molecule has 4 rings (SSSR count). The predicted molar refractivity (Wildman–Crippen MR) is 140 cm³/mol. The summed E-state index contributed by atoms with van der Waals surface area (Å²) in [6, 6.07) is 20.3. The van der Waals surface area contributed by atoms with Crippen molar-refractivity contribution in [3.8, 4) is 0 Å². The van der Waals surface area contributed by atoms with Crippen molar-refractivity contribution >= 4 is 35.3 Å². The second-order valence-corrected chi connectivity index (χ2v) is 8.82. The number of anilines is 2. The lowest BCUT2D eigenvalue weighted by atomic mass is 10.1. The molecule has 2 aromatic carbocycles. The van der Waals surface area contributed by atoms with Gasteiger partial charge in [-0.1, -0.05) is 72.4 Å². The quantitative estimate of drug-likeness (QED) is 0.290. The first-order valence-electron chi connectivity index (χ1n) is 11.8. The van der Waals surface area contributed by atoms with Crippen LogP contribution in [0.25, 0.3) is 5.78 Å². The van der Waals surface area contributed by atoms with Crippen molar-refractivity contribution in [2.75, 3.05) is 36.0 Å². The molecule has 0 saturated heterocycles. The minimum absolute atomic E-state index is 0.0433. The average Bonchev–Trinajstić information content (AvgIpc) is 3.30. The van der Waals surface area contributed by atoms with Gasteiger partial charge in [-0.05, 0) is 31.4 Å². The largest absolute Gasteiger partial charge is 0.355 e. The van der Waals surface area contributed by atoms with Crippen LogP contribution in [0.1, 0.15) is 25.0 Å². The van der Waals surface area contributed by atoms with E-state index in [2.05, 4.69) is 42.9 Å². The monoisotopic (exact) mass is 490 g/mol. The number of aromatic nitrogens is 5. The van der Waals surface area contributed by atoms with Crippen LogP contribution in [-0.4, -0.2) is 60.8 Å². The van der Waals surface area contributed by atoms with Crippen LogP contribution < -0.4 is 10.6 Å². The number of amides is 1. The van der Waals surface area contributed by atoms with Gasteiger partial charge in [-0.25, -0.2) is 4.40 Å². The summed E-state index contributed by atoms with van der Waals surface area (Å²) in [5.74, 6) is 1.81. The molecule has 10 heteroatoms. The third-order valence-electron chi connectivity index (χ3n) is 5.32. The van der Waals surface area contributed by atoms with Crippen LogP contribution in [0.4, 0.5) is 11.9 Å². The molecule has 2 heterocycles. The fourth-order valence-corrected chi connectivity index (χ4v) is 4.45. The Balaban J connectivity index is 1.50. The number of carbonyl (C=O) groups is 1. The topological polar surface area (TPSA) is 100 Å². The minimum Gasteiger partial charge on any atom is -0.355 e. The number of nitrogens with one attached hydrogen (secondary N) is 2. The molecule has 0 radical (unpaired) electrons. The number of benzene rings is 2. The van der Waals surface area contributed by atoms with E-state index in [0.29, 0.717) is 49.0 Å². The van der Waals surface area contributed by atoms with E-state index in [1.165, 1.54) is 17.3 Å². The van der Waals surface area contributed by atoms with Gasteiger partial charge in [0.05, 0.1) is 5.75 Å². The van der Waals surface area contributed by atoms with E-state index >= 15 is 0 Å². The highest BCUT2D eigenvalue weighted by Gasteiger charge is 2.19. The first-order valence-corrected chi connectivity index (χ1v) is 12.8. The Labute approximate surface area is 209 Å². The molecular weight excluding hydrogens is 460 g/mol. The van der Waals surface area contributed by atoms with Gasteiger partial charge in [0.25, 0.3) is 5.78 Å². The summed E-state index contributed by atoms with van der Waals surface area (Å²) in [7, 11) is 0. The standard InChI is InChI=1S/C25H30N8OS/c1-3-26-22-28-23(27-4-2)33-24(29-22)30-31-25(33)35-18-21(34)32(17-20-13-9-6-10-14-20)16-15-19-11-7-5-8-12-19/h5-14H,3-4,15-18H2,1-2H3,(H2,26,27,28,29,30). The Hall–Kier alpha value is -3.66. The Morgan fingerprint density at radius 3 is 2.29 bits per heavy atom. The molecule has 9 nitrogen and oxygen atoms in total. The molecule has 0 aliphatic heterocycles. The van der Waals surface area contributed by atoms with Crippen molar-refractivity contribution in [3.63, 3.8) is 0 Å². The number of hydrogen-bond acceptors (Lipinski definition) is 8. The molecule has 4 aromatic rings. The molecule has 182 valence electrons. The van der Waals surface area contributed by atoms with Crippen molar-refractivity contribution in [3.05, 3.63) is 71.8 Å². The van der Waals surface area contributed by atoms with Crippen molar-refractivity contribution in [2.24, 2.45) is 0 Å². The highest BCUT2D eigenvalue weighted by atomic mass is 32.2. The van der Waals surface area contributed by atoms with Gasteiger partial charge < -0.3 is 15.5 Å². The van der Waals surface area contributed by atoms with Gasteiger partial charge in [-0.2, -0.15) is 9.97 Å². The normalized spacial score (nSPS) is 10.9. The van der Waals surface area contributed by atoms with Crippen LogP contribution in [-0.2, 0) is 17.8 Å². The summed E-state index contributed by atoms with van der Waals surface area (Å²) in [5, 5.41) is 15.4. The molecule has 0 aliphatic carbocycles. The molecule has 35 heavy (non-hydrogen) atoms. The molecule has 0 aliphatic rings. The molecule has 0 bridgehead atoms. The molecule has 2 N–H and O–H groups in total. The summed E-state index contributed by atoms with van der Waals surface area (Å²) >= 11 is 1.34. The maximum Gasteiger partial charge on any atom is 0.261 e. The van der Waals surface area contributed by atoms with E-state index in [4.69, 9.17) is 0 Å². The SMILES string of the molecule is CCNc1nc(NCC)n2c(SCC(=O)N(CCc3ccccc3)Cc3ccccc3)nnc2n1. The Morgan fingerprint density at radius 2 is 1.60 bits per heavy atom. The number of thioether (sulfide) groups is 1. The van der Waals surface area contributed by atoms with Gasteiger partial charge in [0.15, 0.2) is 5.16 Å². The smallest absolute Gasteiger partial charge is 0.261 e. The number of fused-ring (bicyclic) bond motifs is 1. The third-order valence-corrected chi connectivity index (χ3v) is 6.24. The van der Waals surface area contributed by atoms with Crippen LogP contribution >= 0.6 is 11.8 Å². The molecule has 2 aromatic heterocycles. The van der Waals surface area contributed by atoms with Crippen LogP contribution in [0.5, 0.6) is 0 Å². The molecule has 0 spiro atoms. The van der Waals surface area contributed by atoms with Crippen molar-refractivity contribution in [2.45, 2.75) is 32.0 Å². The van der Waals surface area contributed by atoms with Gasteiger partial charge >= 0.3 is 0 Å². The van der Waals surface area contributed by atoms with Gasteiger partial charge in [-0.15, -0.1) is 10.2 Å². The molecular formula is C25H30N8OS. The lowest BCUT2D eigenvalue weighted by Crippen LogP contribution is -2.34. The summed E-state index contributed by atoms with van der Waals surface area (Å²) in [6.45, 7) is 6.56. The van der Waals surface area contributed by atoms with Gasteiger partial charge in [0.1, 0.15) is 0 Å². The van der Waals surface area contributed by atoms with Crippen LogP contribution in [0.15, 0.2) is 65.8 Å². The summed E-state index contributed by atoms with van der Waals surface area (Å²) in [5.41, 5.74) is 2.31. The number of nitrogens with zero attached hydrogens (tertiary/aromatic N) is 6.